The van der Waals surface area contributed by atoms with Crippen molar-refractivity contribution in [1.82, 2.24) is 0 Å². The van der Waals surface area contributed by atoms with Crippen LogP contribution in [-0.4, -0.2) is 13.0 Å². The van der Waals surface area contributed by atoms with E-state index >= 15 is 0 Å². The van der Waals surface area contributed by atoms with Crippen LogP contribution >= 0.6 is 33.9 Å². The second-order valence-electron chi connectivity index (χ2n) is 3.44. The number of nitrogens with one attached hydrogen (secondary N) is 1. The Labute approximate surface area is 121 Å². The maximum absolute atomic E-state index is 13.0. The zero-order valence-electron chi connectivity index (χ0n) is 9.37. The minimum absolute atomic E-state index is 0.237. The summed E-state index contributed by atoms with van der Waals surface area (Å²) >= 11 is 3.64. The molecule has 18 heavy (non-hydrogen) atoms. The lowest BCUT2D eigenvalue weighted by Crippen LogP contribution is -2.11. The third-order valence-electron chi connectivity index (χ3n) is 2.24. The second kappa shape index (κ2) is 5.66. The van der Waals surface area contributed by atoms with Gasteiger partial charge < -0.3 is 10.1 Å². The van der Waals surface area contributed by atoms with E-state index in [0.717, 1.165) is 2.88 Å². The van der Waals surface area contributed by atoms with Crippen LogP contribution in [0.1, 0.15) is 10.4 Å². The molecule has 0 spiro atoms. The van der Waals surface area contributed by atoms with E-state index in [1.807, 2.05) is 0 Å². The third kappa shape index (κ3) is 2.99. The van der Waals surface area contributed by atoms with Gasteiger partial charge in [-0.1, -0.05) is 0 Å². The molecule has 0 fully saturated rings. The molecule has 2 rings (SSSR count). The predicted molar refractivity (Wildman–Crippen MR) is 77.9 cm³/mol. The van der Waals surface area contributed by atoms with Crippen molar-refractivity contribution < 1.29 is 13.9 Å². The van der Waals surface area contributed by atoms with Gasteiger partial charge in [-0.15, -0.1) is 11.3 Å². The summed E-state index contributed by atoms with van der Waals surface area (Å²) in [6, 6.07) is 5.77. The van der Waals surface area contributed by atoms with Crippen LogP contribution in [-0.2, 0) is 0 Å². The molecule has 1 aromatic heterocycles. The standard InChI is InChI=1S/C12H9FINO2S/c1-17-10-5-8(13)2-3-9(10)15-12(16)7-4-11(14)18-6-7/h2-6H,1H3,(H,15,16). The van der Waals surface area contributed by atoms with E-state index in [9.17, 15) is 9.18 Å². The van der Waals surface area contributed by atoms with Crippen molar-refractivity contribution in [2.24, 2.45) is 0 Å². The first kappa shape index (κ1) is 13.3. The quantitative estimate of drug-likeness (QED) is 0.828. The lowest BCUT2D eigenvalue weighted by Gasteiger charge is -2.09. The topological polar surface area (TPSA) is 38.3 Å². The van der Waals surface area contributed by atoms with Crippen molar-refractivity contribution >= 4 is 45.5 Å². The van der Waals surface area contributed by atoms with Crippen molar-refractivity contribution in [3.8, 4) is 5.75 Å². The van der Waals surface area contributed by atoms with Crippen LogP contribution in [0.3, 0.4) is 0 Å². The molecule has 3 nitrogen and oxygen atoms in total. The number of hydrogen-bond acceptors (Lipinski definition) is 3. The lowest BCUT2D eigenvalue weighted by atomic mass is 10.2. The number of carbonyl (C=O) groups is 1. The molecule has 1 N–H and O–H groups in total. The number of methoxy groups -OCH3 is 1. The highest BCUT2D eigenvalue weighted by molar-refractivity contribution is 14.1. The van der Waals surface area contributed by atoms with Crippen LogP contribution in [0.25, 0.3) is 0 Å². The van der Waals surface area contributed by atoms with Crippen LogP contribution in [0.4, 0.5) is 10.1 Å². The predicted octanol–water partition coefficient (Wildman–Crippen LogP) is 3.75. The van der Waals surface area contributed by atoms with Crippen LogP contribution in [0.5, 0.6) is 5.75 Å². The minimum atomic E-state index is -0.407. The van der Waals surface area contributed by atoms with Crippen LogP contribution < -0.4 is 10.1 Å². The summed E-state index contributed by atoms with van der Waals surface area (Å²) in [5.41, 5.74) is 1.03. The van der Waals surface area contributed by atoms with E-state index in [1.54, 1.807) is 11.4 Å². The highest BCUT2D eigenvalue weighted by Gasteiger charge is 2.11. The molecule has 0 radical (unpaired) electrons. The largest absolute Gasteiger partial charge is 0.494 e. The molecule has 1 amide bonds. The molecule has 2 aromatic rings. The summed E-state index contributed by atoms with van der Waals surface area (Å²) in [5.74, 6) is -0.345. The van der Waals surface area contributed by atoms with Gasteiger partial charge in [-0.25, -0.2) is 4.39 Å². The summed E-state index contributed by atoms with van der Waals surface area (Å²) < 4.78 is 19.1. The second-order valence-corrected chi connectivity index (χ2v) is 6.24. The first-order valence-electron chi connectivity index (χ1n) is 4.99. The van der Waals surface area contributed by atoms with Gasteiger partial charge in [-0.3, -0.25) is 4.79 Å². The average Bonchev–Trinajstić information content (AvgIpc) is 2.78. The van der Waals surface area contributed by atoms with Gasteiger partial charge in [0.2, 0.25) is 0 Å². The van der Waals surface area contributed by atoms with Crippen LogP contribution in [0.15, 0.2) is 29.6 Å². The fraction of sp³-hybridized carbons (Fsp3) is 0.0833. The first-order chi connectivity index (χ1) is 8.60. The van der Waals surface area contributed by atoms with Gasteiger partial charge in [0.25, 0.3) is 5.91 Å². The number of benzene rings is 1. The summed E-state index contributed by atoms with van der Waals surface area (Å²) in [7, 11) is 1.43. The van der Waals surface area contributed by atoms with E-state index in [1.165, 1.54) is 36.6 Å². The van der Waals surface area contributed by atoms with Crippen molar-refractivity contribution in [3.05, 3.63) is 43.9 Å². The smallest absolute Gasteiger partial charge is 0.256 e. The number of rotatable bonds is 3. The van der Waals surface area contributed by atoms with Gasteiger partial charge in [0.1, 0.15) is 11.6 Å². The molecular formula is C12H9FINO2S. The fourth-order valence-corrected chi connectivity index (χ4v) is 2.72. The Bertz CT molecular complexity index is 585. The number of hydrogen-bond donors (Lipinski definition) is 1. The Balaban J connectivity index is 2.21. The van der Waals surface area contributed by atoms with E-state index in [2.05, 4.69) is 27.9 Å². The fourth-order valence-electron chi connectivity index (χ4n) is 1.39. The van der Waals surface area contributed by atoms with Gasteiger partial charge in [-0.05, 0) is 40.8 Å². The Hall–Kier alpha value is -1.15. The first-order valence-corrected chi connectivity index (χ1v) is 6.95. The number of thiophene rings is 1. The number of carbonyl (C=O) groups excluding carboxylic acids is 1. The molecule has 0 saturated heterocycles. The number of amides is 1. The third-order valence-corrected chi connectivity index (χ3v) is 4.03. The maximum Gasteiger partial charge on any atom is 0.256 e. The monoisotopic (exact) mass is 377 g/mol. The van der Waals surface area contributed by atoms with Gasteiger partial charge >= 0.3 is 0 Å². The molecule has 6 heteroatoms. The Morgan fingerprint density at radius 1 is 1.44 bits per heavy atom. The van der Waals surface area contributed by atoms with Crippen molar-refractivity contribution in [2.75, 3.05) is 12.4 Å². The SMILES string of the molecule is COc1cc(F)ccc1NC(=O)c1csc(I)c1. The molecule has 0 saturated carbocycles. The molecule has 0 bridgehead atoms. The van der Waals surface area contributed by atoms with E-state index in [0.29, 0.717) is 17.0 Å². The van der Waals surface area contributed by atoms with E-state index < -0.39 is 5.82 Å². The number of halogens is 2. The zero-order valence-corrected chi connectivity index (χ0v) is 12.3. The van der Waals surface area contributed by atoms with Crippen molar-refractivity contribution in [3.63, 3.8) is 0 Å². The summed E-state index contributed by atoms with van der Waals surface area (Å²) in [6.07, 6.45) is 0. The molecule has 94 valence electrons. The maximum atomic E-state index is 13.0. The zero-order chi connectivity index (χ0) is 13.1. The average molecular weight is 377 g/mol. The van der Waals surface area contributed by atoms with E-state index in [-0.39, 0.29) is 5.91 Å². The molecule has 1 aromatic carbocycles. The highest BCUT2D eigenvalue weighted by atomic mass is 127. The molecule has 0 aliphatic carbocycles. The molecule has 0 atom stereocenters. The van der Waals surface area contributed by atoms with Gasteiger partial charge in [-0.2, -0.15) is 0 Å². The normalized spacial score (nSPS) is 10.2. The highest BCUT2D eigenvalue weighted by Crippen LogP contribution is 2.26. The number of anilines is 1. The molecular weight excluding hydrogens is 368 g/mol. The summed E-state index contributed by atoms with van der Waals surface area (Å²) in [6.45, 7) is 0. The summed E-state index contributed by atoms with van der Waals surface area (Å²) in [5, 5.41) is 4.46. The molecule has 0 aliphatic rings. The molecule has 0 unspecified atom stereocenters. The minimum Gasteiger partial charge on any atom is -0.494 e. The van der Waals surface area contributed by atoms with Gasteiger partial charge in [0.05, 0.1) is 21.2 Å². The Morgan fingerprint density at radius 2 is 2.22 bits per heavy atom. The van der Waals surface area contributed by atoms with Gasteiger partial charge in [0.15, 0.2) is 0 Å². The van der Waals surface area contributed by atoms with Gasteiger partial charge in [0, 0.05) is 11.4 Å². The van der Waals surface area contributed by atoms with Crippen molar-refractivity contribution in [2.45, 2.75) is 0 Å². The van der Waals surface area contributed by atoms with Crippen LogP contribution in [0.2, 0.25) is 0 Å². The van der Waals surface area contributed by atoms with Crippen molar-refractivity contribution in [1.29, 1.82) is 0 Å². The Kier molecular flexibility index (Phi) is 4.18. The van der Waals surface area contributed by atoms with E-state index in [4.69, 9.17) is 4.74 Å². The molecule has 0 aliphatic heterocycles. The van der Waals surface area contributed by atoms with Crippen LogP contribution in [0, 0.1) is 8.70 Å². The summed E-state index contributed by atoms with van der Waals surface area (Å²) in [4.78, 5) is 11.9. The lowest BCUT2D eigenvalue weighted by molar-refractivity contribution is 0.102. The Morgan fingerprint density at radius 3 is 2.83 bits per heavy atom. The molecule has 1 heterocycles. The number of ether oxygens (including phenoxy) is 1.